The van der Waals surface area contributed by atoms with Crippen molar-refractivity contribution >= 4 is 17.6 Å². The third kappa shape index (κ3) is 7.34. The van der Waals surface area contributed by atoms with Crippen LogP contribution in [0.5, 0.6) is 5.75 Å². The highest BCUT2D eigenvalue weighted by atomic mass is 35.5. The minimum Gasteiger partial charge on any atom is -0.493 e. The van der Waals surface area contributed by atoms with Gasteiger partial charge in [-0.05, 0) is 51.4 Å². The lowest BCUT2D eigenvalue weighted by Gasteiger charge is -2.11. The van der Waals surface area contributed by atoms with Crippen LogP contribution in [0.2, 0.25) is 5.02 Å². The van der Waals surface area contributed by atoms with Crippen LogP contribution in [0.3, 0.4) is 0 Å². The van der Waals surface area contributed by atoms with Crippen LogP contribution >= 0.6 is 11.6 Å². The monoisotopic (exact) mass is 313 g/mol. The Morgan fingerprint density at radius 1 is 1.29 bits per heavy atom. The summed E-state index contributed by atoms with van der Waals surface area (Å²) in [6, 6.07) is 5.64. The van der Waals surface area contributed by atoms with Crippen LogP contribution in [0.1, 0.15) is 38.2 Å². The van der Waals surface area contributed by atoms with Crippen LogP contribution in [0.25, 0.3) is 0 Å². The van der Waals surface area contributed by atoms with Crippen LogP contribution in [-0.4, -0.2) is 26.2 Å². The Labute approximate surface area is 131 Å². The summed E-state index contributed by atoms with van der Waals surface area (Å²) in [5.74, 6) is 0.742. The summed E-state index contributed by atoms with van der Waals surface area (Å²) >= 11 is 5.98. The first-order chi connectivity index (χ1) is 10.2. The van der Waals surface area contributed by atoms with Gasteiger partial charge in [-0.2, -0.15) is 0 Å². The smallest absolute Gasteiger partial charge is 0.305 e. The first kappa shape index (κ1) is 17.8. The van der Waals surface area contributed by atoms with Gasteiger partial charge in [-0.1, -0.05) is 11.6 Å². The Bertz CT molecular complexity index is 438. The van der Waals surface area contributed by atoms with Crippen molar-refractivity contribution in [3.8, 4) is 5.75 Å². The molecule has 0 atom stereocenters. The molecule has 0 aliphatic heterocycles. The van der Waals surface area contributed by atoms with E-state index in [2.05, 4.69) is 5.32 Å². The molecule has 1 aromatic rings. The molecular formula is C16H24ClNO3. The van der Waals surface area contributed by atoms with E-state index >= 15 is 0 Å². The second kappa shape index (κ2) is 10.5. The van der Waals surface area contributed by atoms with Gasteiger partial charge in [0.05, 0.1) is 13.2 Å². The fourth-order valence-electron chi connectivity index (χ4n) is 1.98. The predicted octanol–water partition coefficient (Wildman–Crippen LogP) is 3.56. The average Bonchev–Trinajstić information content (AvgIpc) is 2.45. The zero-order valence-corrected chi connectivity index (χ0v) is 13.5. The van der Waals surface area contributed by atoms with Crippen molar-refractivity contribution in [1.82, 2.24) is 5.32 Å². The summed E-state index contributed by atoms with van der Waals surface area (Å²) in [5.41, 5.74) is 1.05. The molecule has 0 radical (unpaired) electrons. The van der Waals surface area contributed by atoms with Crippen molar-refractivity contribution in [3.63, 3.8) is 0 Å². The molecule has 0 saturated heterocycles. The molecule has 1 rings (SSSR count). The third-order valence-electron chi connectivity index (χ3n) is 2.98. The minimum atomic E-state index is -0.118. The fourth-order valence-corrected chi connectivity index (χ4v) is 2.18. The van der Waals surface area contributed by atoms with E-state index in [1.165, 1.54) is 0 Å². The van der Waals surface area contributed by atoms with Gasteiger partial charge in [0, 0.05) is 23.6 Å². The van der Waals surface area contributed by atoms with Crippen molar-refractivity contribution in [3.05, 3.63) is 28.8 Å². The molecule has 0 spiro atoms. The molecule has 0 aliphatic carbocycles. The molecule has 21 heavy (non-hydrogen) atoms. The molecule has 5 heteroatoms. The normalized spacial score (nSPS) is 10.4. The van der Waals surface area contributed by atoms with E-state index in [0.29, 0.717) is 24.7 Å². The van der Waals surface area contributed by atoms with E-state index in [1.54, 1.807) is 0 Å². The number of esters is 1. The first-order valence-corrected chi connectivity index (χ1v) is 7.76. The highest BCUT2D eigenvalue weighted by molar-refractivity contribution is 6.30. The number of benzene rings is 1. The maximum absolute atomic E-state index is 11.2. The highest BCUT2D eigenvalue weighted by Gasteiger charge is 2.05. The van der Waals surface area contributed by atoms with Gasteiger partial charge in [-0.15, -0.1) is 0 Å². The van der Waals surface area contributed by atoms with Gasteiger partial charge < -0.3 is 14.8 Å². The molecule has 1 aromatic carbocycles. The van der Waals surface area contributed by atoms with Crippen LogP contribution < -0.4 is 10.1 Å². The molecule has 0 aromatic heterocycles. The Kier molecular flexibility index (Phi) is 8.87. The summed E-state index contributed by atoms with van der Waals surface area (Å²) in [7, 11) is 1.89. The number of hydrogen-bond donors (Lipinski definition) is 1. The molecule has 4 nitrogen and oxygen atoms in total. The van der Waals surface area contributed by atoms with Crippen LogP contribution in [-0.2, 0) is 16.1 Å². The standard InChI is InChI=1S/C16H24ClNO3/c1-3-20-16(19)7-5-4-6-10-21-15-9-8-14(17)11-13(15)12-18-2/h8-9,11,18H,3-7,10,12H2,1-2H3. The molecule has 118 valence electrons. The van der Waals surface area contributed by atoms with Crippen molar-refractivity contribution in [2.75, 3.05) is 20.3 Å². The Morgan fingerprint density at radius 2 is 2.10 bits per heavy atom. The van der Waals surface area contributed by atoms with Gasteiger partial charge in [-0.25, -0.2) is 0 Å². The quantitative estimate of drug-likeness (QED) is 0.530. The molecule has 0 amide bonds. The van der Waals surface area contributed by atoms with E-state index in [0.717, 1.165) is 37.1 Å². The number of halogens is 1. The highest BCUT2D eigenvalue weighted by Crippen LogP contribution is 2.23. The SMILES string of the molecule is CCOC(=O)CCCCCOc1ccc(Cl)cc1CNC. The summed E-state index contributed by atoms with van der Waals surface area (Å²) in [6.45, 7) is 3.63. The summed E-state index contributed by atoms with van der Waals surface area (Å²) in [5, 5.41) is 3.81. The number of rotatable bonds is 10. The Morgan fingerprint density at radius 3 is 2.81 bits per heavy atom. The third-order valence-corrected chi connectivity index (χ3v) is 3.21. The Balaban J connectivity index is 2.25. The lowest BCUT2D eigenvalue weighted by molar-refractivity contribution is -0.143. The van der Waals surface area contributed by atoms with Gasteiger partial charge in [0.2, 0.25) is 0 Å². The van der Waals surface area contributed by atoms with E-state index in [4.69, 9.17) is 21.1 Å². The number of carbonyl (C=O) groups is 1. The molecular weight excluding hydrogens is 290 g/mol. The molecule has 0 aliphatic rings. The lowest BCUT2D eigenvalue weighted by Crippen LogP contribution is -2.08. The number of nitrogens with one attached hydrogen (secondary N) is 1. The number of unbranched alkanes of at least 4 members (excludes halogenated alkanes) is 2. The summed E-state index contributed by atoms with van der Waals surface area (Å²) in [6.07, 6.45) is 3.20. The van der Waals surface area contributed by atoms with Crippen LogP contribution in [0, 0.1) is 0 Å². The van der Waals surface area contributed by atoms with Crippen molar-refractivity contribution < 1.29 is 14.3 Å². The molecule has 0 heterocycles. The minimum absolute atomic E-state index is 0.118. The maximum atomic E-state index is 11.2. The second-order valence-electron chi connectivity index (χ2n) is 4.75. The van der Waals surface area contributed by atoms with E-state index < -0.39 is 0 Å². The number of carbonyl (C=O) groups excluding carboxylic acids is 1. The fraction of sp³-hybridized carbons (Fsp3) is 0.562. The lowest BCUT2D eigenvalue weighted by atomic mass is 10.2. The van der Waals surface area contributed by atoms with E-state index in [-0.39, 0.29) is 5.97 Å². The van der Waals surface area contributed by atoms with Crippen LogP contribution in [0.4, 0.5) is 0 Å². The summed E-state index contributed by atoms with van der Waals surface area (Å²) in [4.78, 5) is 11.2. The van der Waals surface area contributed by atoms with Crippen molar-refractivity contribution in [2.45, 2.75) is 39.2 Å². The molecule has 0 bridgehead atoms. The van der Waals surface area contributed by atoms with Gasteiger partial charge in [-0.3, -0.25) is 4.79 Å². The molecule has 0 saturated carbocycles. The van der Waals surface area contributed by atoms with Crippen molar-refractivity contribution in [1.29, 1.82) is 0 Å². The summed E-state index contributed by atoms with van der Waals surface area (Å²) < 4.78 is 10.7. The Hall–Kier alpha value is -1.26. The first-order valence-electron chi connectivity index (χ1n) is 7.38. The zero-order valence-electron chi connectivity index (χ0n) is 12.8. The zero-order chi connectivity index (χ0) is 15.5. The van der Waals surface area contributed by atoms with Crippen LogP contribution in [0.15, 0.2) is 18.2 Å². The average molecular weight is 314 g/mol. The second-order valence-corrected chi connectivity index (χ2v) is 5.18. The number of hydrogen-bond acceptors (Lipinski definition) is 4. The van der Waals surface area contributed by atoms with Crippen molar-refractivity contribution in [2.24, 2.45) is 0 Å². The molecule has 0 unspecified atom stereocenters. The maximum Gasteiger partial charge on any atom is 0.305 e. The van der Waals surface area contributed by atoms with Gasteiger partial charge in [0.1, 0.15) is 5.75 Å². The van der Waals surface area contributed by atoms with E-state index in [9.17, 15) is 4.79 Å². The number of ether oxygens (including phenoxy) is 2. The van der Waals surface area contributed by atoms with Gasteiger partial charge in [0.25, 0.3) is 0 Å². The molecule has 0 fully saturated rings. The van der Waals surface area contributed by atoms with E-state index in [1.807, 2.05) is 32.2 Å². The van der Waals surface area contributed by atoms with Gasteiger partial charge >= 0.3 is 5.97 Å². The van der Waals surface area contributed by atoms with Gasteiger partial charge in [0.15, 0.2) is 0 Å². The topological polar surface area (TPSA) is 47.6 Å². The molecule has 1 N–H and O–H groups in total. The predicted molar refractivity (Wildman–Crippen MR) is 84.8 cm³/mol. The largest absolute Gasteiger partial charge is 0.493 e.